The molecule has 0 spiro atoms. The molecule has 0 N–H and O–H groups in total. The van der Waals surface area contributed by atoms with E-state index < -0.39 is 0 Å². The van der Waals surface area contributed by atoms with Gasteiger partial charge in [0.05, 0.1) is 17.0 Å². The number of hydrogen-bond donors (Lipinski definition) is 0. The van der Waals surface area contributed by atoms with Gasteiger partial charge in [-0.2, -0.15) is 0 Å². The SMILES string of the molecule is O=C([C@@H]1CC(=O)N(C2CCOCC2)C1)N1CCn2c1nc1ccccc12. The van der Waals surface area contributed by atoms with Crippen LogP contribution in [0.5, 0.6) is 0 Å². The Morgan fingerprint density at radius 2 is 1.96 bits per heavy atom. The molecule has 4 heterocycles. The Balaban J connectivity index is 1.36. The Bertz CT molecular complexity index is 871. The predicted molar refractivity (Wildman–Crippen MR) is 95.7 cm³/mol. The number of para-hydroxylation sites is 2. The summed E-state index contributed by atoms with van der Waals surface area (Å²) in [6, 6.07) is 8.17. The molecule has 136 valence electrons. The highest BCUT2D eigenvalue weighted by molar-refractivity contribution is 5.99. The van der Waals surface area contributed by atoms with Crippen LogP contribution in [0, 0.1) is 5.92 Å². The highest BCUT2D eigenvalue weighted by Crippen LogP contribution is 2.31. The van der Waals surface area contributed by atoms with Gasteiger partial charge in [0.1, 0.15) is 0 Å². The van der Waals surface area contributed by atoms with E-state index in [1.54, 1.807) is 4.90 Å². The van der Waals surface area contributed by atoms with Crippen molar-refractivity contribution in [3.05, 3.63) is 24.3 Å². The van der Waals surface area contributed by atoms with Crippen molar-refractivity contribution in [3.63, 3.8) is 0 Å². The molecule has 0 unspecified atom stereocenters. The van der Waals surface area contributed by atoms with Crippen LogP contribution in [0.1, 0.15) is 19.3 Å². The second-order valence-electron chi connectivity index (χ2n) is 7.33. The van der Waals surface area contributed by atoms with E-state index in [1.807, 2.05) is 29.2 Å². The third-order valence-electron chi connectivity index (χ3n) is 5.83. The van der Waals surface area contributed by atoms with E-state index in [1.165, 1.54) is 0 Å². The molecule has 5 rings (SSSR count). The summed E-state index contributed by atoms with van der Waals surface area (Å²) in [6.07, 6.45) is 2.05. The standard InChI is InChI=1S/C19H22N4O3/c24-17-11-13(12-23(17)14-5-9-26-10-6-14)18(25)22-8-7-21-16-4-2-1-3-15(16)20-19(21)22/h1-4,13-14H,5-12H2/t13-/m1/s1. The summed E-state index contributed by atoms with van der Waals surface area (Å²) in [7, 11) is 0. The Morgan fingerprint density at radius 3 is 2.81 bits per heavy atom. The lowest BCUT2D eigenvalue weighted by Crippen LogP contribution is -2.42. The normalized spacial score (nSPS) is 23.8. The minimum absolute atomic E-state index is 0.0296. The first kappa shape index (κ1) is 15.8. The van der Waals surface area contributed by atoms with Crippen molar-refractivity contribution in [1.82, 2.24) is 14.5 Å². The summed E-state index contributed by atoms with van der Waals surface area (Å²) >= 11 is 0. The topological polar surface area (TPSA) is 67.7 Å². The summed E-state index contributed by atoms with van der Waals surface area (Å²) in [4.78, 5) is 33.9. The number of amides is 2. The molecule has 1 atom stereocenters. The van der Waals surface area contributed by atoms with Crippen LogP contribution in [0.4, 0.5) is 5.95 Å². The molecular weight excluding hydrogens is 332 g/mol. The number of anilines is 1. The van der Waals surface area contributed by atoms with Crippen molar-refractivity contribution in [3.8, 4) is 0 Å². The highest BCUT2D eigenvalue weighted by atomic mass is 16.5. The average Bonchev–Trinajstić information content (AvgIpc) is 3.35. The molecule has 0 radical (unpaired) electrons. The van der Waals surface area contributed by atoms with Crippen LogP contribution in [-0.4, -0.2) is 58.6 Å². The Labute approximate surface area is 151 Å². The summed E-state index contributed by atoms with van der Waals surface area (Å²) in [6.45, 7) is 3.31. The zero-order valence-corrected chi connectivity index (χ0v) is 14.6. The minimum Gasteiger partial charge on any atom is -0.381 e. The Kier molecular flexibility index (Phi) is 3.70. The number of hydrogen-bond acceptors (Lipinski definition) is 4. The van der Waals surface area contributed by atoms with Gasteiger partial charge in [-0.15, -0.1) is 0 Å². The monoisotopic (exact) mass is 354 g/mol. The van der Waals surface area contributed by atoms with E-state index >= 15 is 0 Å². The summed E-state index contributed by atoms with van der Waals surface area (Å²) < 4.78 is 7.49. The molecule has 7 heteroatoms. The first-order chi connectivity index (χ1) is 12.7. The summed E-state index contributed by atoms with van der Waals surface area (Å²) in [5.74, 6) is 0.579. The number of carbonyl (C=O) groups excluding carboxylic acids is 2. The zero-order valence-electron chi connectivity index (χ0n) is 14.6. The van der Waals surface area contributed by atoms with Gasteiger partial charge in [-0.3, -0.25) is 14.5 Å². The van der Waals surface area contributed by atoms with E-state index in [9.17, 15) is 9.59 Å². The van der Waals surface area contributed by atoms with Gasteiger partial charge >= 0.3 is 0 Å². The van der Waals surface area contributed by atoms with Crippen LogP contribution in [0.25, 0.3) is 11.0 Å². The maximum atomic E-state index is 13.1. The maximum Gasteiger partial charge on any atom is 0.234 e. The first-order valence-corrected chi connectivity index (χ1v) is 9.36. The lowest BCUT2D eigenvalue weighted by atomic mass is 10.1. The zero-order chi connectivity index (χ0) is 17.7. The number of benzene rings is 1. The van der Waals surface area contributed by atoms with E-state index in [0.29, 0.717) is 38.7 Å². The largest absolute Gasteiger partial charge is 0.381 e. The fourth-order valence-corrected chi connectivity index (χ4v) is 4.47. The minimum atomic E-state index is -0.267. The number of nitrogens with zero attached hydrogens (tertiary/aromatic N) is 4. The fourth-order valence-electron chi connectivity index (χ4n) is 4.47. The summed E-state index contributed by atoms with van der Waals surface area (Å²) in [5.41, 5.74) is 1.97. The van der Waals surface area contributed by atoms with Crippen molar-refractivity contribution in [2.75, 3.05) is 31.2 Å². The van der Waals surface area contributed by atoms with Crippen LogP contribution in [0.15, 0.2) is 24.3 Å². The molecule has 2 amide bonds. The van der Waals surface area contributed by atoms with Crippen molar-refractivity contribution in [2.45, 2.75) is 31.8 Å². The molecule has 1 aromatic carbocycles. The van der Waals surface area contributed by atoms with Gasteiger partial charge in [-0.05, 0) is 25.0 Å². The Hall–Kier alpha value is -2.41. The molecule has 0 aliphatic carbocycles. The second kappa shape index (κ2) is 6.09. The van der Waals surface area contributed by atoms with E-state index in [-0.39, 0.29) is 23.8 Å². The van der Waals surface area contributed by atoms with Crippen molar-refractivity contribution in [2.24, 2.45) is 5.92 Å². The van der Waals surface area contributed by atoms with Crippen LogP contribution in [0.2, 0.25) is 0 Å². The molecule has 1 aromatic heterocycles. The molecule has 2 saturated heterocycles. The van der Waals surface area contributed by atoms with Crippen molar-refractivity contribution in [1.29, 1.82) is 0 Å². The molecule has 26 heavy (non-hydrogen) atoms. The van der Waals surface area contributed by atoms with Crippen LogP contribution < -0.4 is 4.90 Å². The summed E-state index contributed by atoms with van der Waals surface area (Å²) in [5, 5.41) is 0. The number of ether oxygens (including phenoxy) is 1. The number of fused-ring (bicyclic) bond motifs is 3. The van der Waals surface area contributed by atoms with Crippen LogP contribution in [0.3, 0.4) is 0 Å². The van der Waals surface area contributed by atoms with Gasteiger partial charge < -0.3 is 14.2 Å². The molecule has 0 bridgehead atoms. The van der Waals surface area contributed by atoms with Gasteiger partial charge in [-0.1, -0.05) is 12.1 Å². The van der Waals surface area contributed by atoms with Gasteiger partial charge in [-0.25, -0.2) is 4.98 Å². The molecule has 3 aliphatic rings. The van der Waals surface area contributed by atoms with Gasteiger partial charge in [0.2, 0.25) is 17.8 Å². The molecular formula is C19H22N4O3. The van der Waals surface area contributed by atoms with Gasteiger partial charge in [0.15, 0.2) is 0 Å². The molecule has 2 aromatic rings. The van der Waals surface area contributed by atoms with E-state index in [4.69, 9.17) is 4.74 Å². The van der Waals surface area contributed by atoms with Crippen molar-refractivity contribution >= 4 is 28.8 Å². The Morgan fingerprint density at radius 1 is 1.15 bits per heavy atom. The molecule has 7 nitrogen and oxygen atoms in total. The first-order valence-electron chi connectivity index (χ1n) is 9.36. The van der Waals surface area contributed by atoms with Crippen LogP contribution in [-0.2, 0) is 20.9 Å². The maximum absolute atomic E-state index is 13.1. The quantitative estimate of drug-likeness (QED) is 0.818. The molecule has 3 aliphatic heterocycles. The highest BCUT2D eigenvalue weighted by Gasteiger charge is 2.41. The van der Waals surface area contributed by atoms with Crippen LogP contribution >= 0.6 is 0 Å². The molecule has 2 fully saturated rings. The second-order valence-corrected chi connectivity index (χ2v) is 7.33. The third-order valence-corrected chi connectivity index (χ3v) is 5.83. The van der Waals surface area contributed by atoms with E-state index in [2.05, 4.69) is 9.55 Å². The average molecular weight is 354 g/mol. The fraction of sp³-hybridized carbons (Fsp3) is 0.526. The number of aromatic nitrogens is 2. The molecule has 0 saturated carbocycles. The van der Waals surface area contributed by atoms with Gasteiger partial charge in [0.25, 0.3) is 0 Å². The third kappa shape index (κ3) is 2.41. The number of rotatable bonds is 2. The lowest BCUT2D eigenvalue weighted by molar-refractivity contribution is -0.131. The number of likely N-dealkylation sites (tertiary alicyclic amines) is 1. The van der Waals surface area contributed by atoms with Crippen molar-refractivity contribution < 1.29 is 14.3 Å². The lowest BCUT2D eigenvalue weighted by Gasteiger charge is -2.31. The van der Waals surface area contributed by atoms with E-state index in [0.717, 1.165) is 30.4 Å². The number of imidazole rings is 1. The smallest absolute Gasteiger partial charge is 0.234 e. The number of carbonyl (C=O) groups is 2. The predicted octanol–water partition coefficient (Wildman–Crippen LogP) is 1.41. The van der Waals surface area contributed by atoms with Gasteiger partial charge in [0, 0.05) is 45.3 Å².